The molecule has 1 aliphatic heterocycles. The minimum absolute atomic E-state index is 0.0116. The summed E-state index contributed by atoms with van der Waals surface area (Å²) in [6.45, 7) is 4.37. The van der Waals surface area contributed by atoms with Crippen LogP contribution in [-0.4, -0.2) is 18.1 Å². The molecule has 1 aromatic rings. The fourth-order valence-electron chi connectivity index (χ4n) is 2.01. The predicted molar refractivity (Wildman–Crippen MR) is 57.7 cm³/mol. The Hall–Kier alpha value is -1.25. The number of aromatic nitrogens is 1. The molecule has 1 fully saturated rings. The van der Waals surface area contributed by atoms with E-state index in [1.54, 1.807) is 6.07 Å². The molecule has 3 heteroatoms. The molecule has 1 aliphatic rings. The highest BCUT2D eigenvalue weighted by atomic mass is 16.1. The van der Waals surface area contributed by atoms with Gasteiger partial charge in [0.2, 0.25) is 5.56 Å². The third-order valence-electron chi connectivity index (χ3n) is 2.96. The van der Waals surface area contributed by atoms with Crippen LogP contribution in [-0.2, 0) is 0 Å². The summed E-state index contributed by atoms with van der Waals surface area (Å²) in [6, 6.07) is 5.34. The Kier molecular flexibility index (Phi) is 2.57. The third kappa shape index (κ3) is 1.81. The van der Waals surface area contributed by atoms with Crippen molar-refractivity contribution in [3.8, 4) is 0 Å². The van der Waals surface area contributed by atoms with Crippen molar-refractivity contribution >= 4 is 5.82 Å². The molecule has 0 aliphatic carbocycles. The summed E-state index contributed by atoms with van der Waals surface area (Å²) in [4.78, 5) is 16.2. The number of nitrogens with one attached hydrogen (secondary N) is 1. The highest BCUT2D eigenvalue weighted by Gasteiger charge is 2.21. The van der Waals surface area contributed by atoms with Crippen molar-refractivity contribution in [2.45, 2.75) is 19.8 Å². The van der Waals surface area contributed by atoms with Crippen LogP contribution in [0.2, 0.25) is 0 Å². The lowest BCUT2D eigenvalue weighted by Gasteiger charge is -2.17. The molecule has 14 heavy (non-hydrogen) atoms. The topological polar surface area (TPSA) is 36.1 Å². The normalized spacial score (nSPS) is 21.5. The number of hydrogen-bond acceptors (Lipinski definition) is 2. The van der Waals surface area contributed by atoms with Gasteiger partial charge in [-0.2, -0.15) is 0 Å². The van der Waals surface area contributed by atoms with Crippen LogP contribution in [0.5, 0.6) is 0 Å². The average Bonchev–Trinajstić information content (AvgIpc) is 2.66. The summed E-state index contributed by atoms with van der Waals surface area (Å²) >= 11 is 0. The lowest BCUT2D eigenvalue weighted by atomic mass is 10.1. The molecule has 2 rings (SSSR count). The largest absolute Gasteiger partial charge is 0.358 e. The molecule has 2 heterocycles. The lowest BCUT2D eigenvalue weighted by Crippen LogP contribution is -2.22. The third-order valence-corrected chi connectivity index (χ3v) is 2.96. The summed E-state index contributed by atoms with van der Waals surface area (Å²) in [5.74, 6) is 1.76. The number of hydrogen-bond donors (Lipinski definition) is 1. The van der Waals surface area contributed by atoms with Gasteiger partial charge in [-0.05, 0) is 18.4 Å². The van der Waals surface area contributed by atoms with Gasteiger partial charge < -0.3 is 9.88 Å². The number of H-pyrrole nitrogens is 1. The highest BCUT2D eigenvalue weighted by molar-refractivity contribution is 5.38. The van der Waals surface area contributed by atoms with Crippen molar-refractivity contribution < 1.29 is 0 Å². The summed E-state index contributed by atoms with van der Waals surface area (Å²) in [5.41, 5.74) is -0.0116. The molecular weight excluding hydrogens is 176 g/mol. The van der Waals surface area contributed by atoms with E-state index in [0.29, 0.717) is 0 Å². The van der Waals surface area contributed by atoms with Crippen LogP contribution in [0.15, 0.2) is 23.0 Å². The quantitative estimate of drug-likeness (QED) is 0.772. The Morgan fingerprint density at radius 3 is 3.07 bits per heavy atom. The van der Waals surface area contributed by atoms with Crippen LogP contribution < -0.4 is 10.5 Å². The van der Waals surface area contributed by atoms with E-state index in [2.05, 4.69) is 16.8 Å². The monoisotopic (exact) mass is 192 g/mol. The zero-order valence-electron chi connectivity index (χ0n) is 8.49. The van der Waals surface area contributed by atoms with Crippen molar-refractivity contribution in [1.82, 2.24) is 4.98 Å². The Morgan fingerprint density at radius 2 is 2.43 bits per heavy atom. The zero-order chi connectivity index (χ0) is 9.97. The fraction of sp³-hybridized carbons (Fsp3) is 0.545. The average molecular weight is 192 g/mol. The van der Waals surface area contributed by atoms with E-state index in [0.717, 1.165) is 24.8 Å². The van der Waals surface area contributed by atoms with Gasteiger partial charge in [0, 0.05) is 19.2 Å². The molecule has 3 nitrogen and oxygen atoms in total. The SMILES string of the molecule is CC[C@H]1CCN(c2cccc(=O)[nH]2)C1. The van der Waals surface area contributed by atoms with Gasteiger partial charge in [-0.3, -0.25) is 4.79 Å². The van der Waals surface area contributed by atoms with E-state index in [1.807, 2.05) is 12.1 Å². The molecular formula is C11H16N2O. The first-order valence-electron chi connectivity index (χ1n) is 5.24. The second-order valence-electron chi connectivity index (χ2n) is 3.91. The van der Waals surface area contributed by atoms with Gasteiger partial charge in [0.15, 0.2) is 0 Å². The zero-order valence-corrected chi connectivity index (χ0v) is 8.49. The van der Waals surface area contributed by atoms with Gasteiger partial charge >= 0.3 is 0 Å². The number of pyridine rings is 1. The van der Waals surface area contributed by atoms with Crippen LogP contribution in [0.3, 0.4) is 0 Å². The minimum atomic E-state index is -0.0116. The van der Waals surface area contributed by atoms with Crippen molar-refractivity contribution in [1.29, 1.82) is 0 Å². The smallest absolute Gasteiger partial charge is 0.249 e. The number of nitrogens with zero attached hydrogens (tertiary/aromatic N) is 1. The first-order chi connectivity index (χ1) is 6.79. The standard InChI is InChI=1S/C11H16N2O/c1-2-9-6-7-13(8-9)10-4-3-5-11(14)12-10/h3-5,9H,2,6-8H2,1H3,(H,12,14)/t9-/m0/s1. The fourth-order valence-corrected chi connectivity index (χ4v) is 2.01. The molecule has 0 spiro atoms. The summed E-state index contributed by atoms with van der Waals surface area (Å²) in [5, 5.41) is 0. The van der Waals surface area contributed by atoms with Crippen LogP contribution in [0.25, 0.3) is 0 Å². The Bertz CT molecular complexity index is 358. The number of anilines is 1. The van der Waals surface area contributed by atoms with Crippen molar-refractivity contribution in [2.24, 2.45) is 5.92 Å². The summed E-state index contributed by atoms with van der Waals surface area (Å²) in [6.07, 6.45) is 2.47. The molecule has 1 aromatic heterocycles. The molecule has 1 saturated heterocycles. The van der Waals surface area contributed by atoms with E-state index in [-0.39, 0.29) is 5.56 Å². The van der Waals surface area contributed by atoms with E-state index >= 15 is 0 Å². The minimum Gasteiger partial charge on any atom is -0.358 e. The van der Waals surface area contributed by atoms with Gasteiger partial charge in [-0.25, -0.2) is 0 Å². The van der Waals surface area contributed by atoms with E-state index < -0.39 is 0 Å². The second-order valence-corrected chi connectivity index (χ2v) is 3.91. The Labute approximate surface area is 83.8 Å². The van der Waals surface area contributed by atoms with Gasteiger partial charge in [-0.15, -0.1) is 0 Å². The molecule has 0 unspecified atom stereocenters. The lowest BCUT2D eigenvalue weighted by molar-refractivity contribution is 0.568. The summed E-state index contributed by atoms with van der Waals surface area (Å²) in [7, 11) is 0. The van der Waals surface area contributed by atoms with Gasteiger partial charge in [-0.1, -0.05) is 19.4 Å². The predicted octanol–water partition coefficient (Wildman–Crippen LogP) is 1.61. The van der Waals surface area contributed by atoms with Crippen LogP contribution >= 0.6 is 0 Å². The molecule has 76 valence electrons. The maximum atomic E-state index is 11.1. The van der Waals surface area contributed by atoms with Gasteiger partial charge in [0.25, 0.3) is 0 Å². The first-order valence-corrected chi connectivity index (χ1v) is 5.24. The van der Waals surface area contributed by atoms with Crippen LogP contribution in [0, 0.1) is 5.92 Å². The van der Waals surface area contributed by atoms with Gasteiger partial charge in [0.05, 0.1) is 0 Å². The maximum absolute atomic E-state index is 11.1. The van der Waals surface area contributed by atoms with Crippen LogP contribution in [0.4, 0.5) is 5.82 Å². The Morgan fingerprint density at radius 1 is 1.57 bits per heavy atom. The van der Waals surface area contributed by atoms with E-state index in [4.69, 9.17) is 0 Å². The molecule has 0 amide bonds. The molecule has 0 saturated carbocycles. The summed E-state index contributed by atoms with van der Waals surface area (Å²) < 4.78 is 0. The highest BCUT2D eigenvalue weighted by Crippen LogP contribution is 2.22. The van der Waals surface area contributed by atoms with E-state index in [9.17, 15) is 4.79 Å². The molecule has 1 N–H and O–H groups in total. The first kappa shape index (κ1) is 9.31. The number of aromatic amines is 1. The number of rotatable bonds is 2. The molecule has 0 aromatic carbocycles. The Balaban J connectivity index is 2.13. The van der Waals surface area contributed by atoms with Crippen molar-refractivity contribution in [3.63, 3.8) is 0 Å². The van der Waals surface area contributed by atoms with E-state index in [1.165, 1.54) is 12.8 Å². The van der Waals surface area contributed by atoms with Crippen LogP contribution in [0.1, 0.15) is 19.8 Å². The van der Waals surface area contributed by atoms with Crippen molar-refractivity contribution in [3.05, 3.63) is 28.6 Å². The molecule has 0 radical (unpaired) electrons. The molecule has 1 atom stereocenters. The molecule has 0 bridgehead atoms. The van der Waals surface area contributed by atoms with Crippen molar-refractivity contribution in [2.75, 3.05) is 18.0 Å². The maximum Gasteiger partial charge on any atom is 0.249 e. The second kappa shape index (κ2) is 3.86. The van der Waals surface area contributed by atoms with Gasteiger partial charge in [0.1, 0.15) is 5.82 Å².